The van der Waals surface area contributed by atoms with Crippen molar-refractivity contribution in [1.29, 1.82) is 0 Å². The minimum Gasteiger partial charge on any atom is -0.0696 e. The van der Waals surface area contributed by atoms with Gasteiger partial charge in [-0.1, -0.05) is 35.5 Å². The maximum atomic E-state index is 2.79. The highest BCUT2D eigenvalue weighted by Gasteiger charge is 1.62. The van der Waals surface area contributed by atoms with Crippen molar-refractivity contribution < 1.29 is 0 Å². The van der Waals surface area contributed by atoms with E-state index >= 15 is 0 Å². The SMILES string of the molecule is C1#C/C=C/C#C/C=C/C#C/C=C/1. The number of hydrogen-bond donors (Lipinski definition) is 0. The lowest BCUT2D eigenvalue weighted by molar-refractivity contribution is 2.03. The Morgan fingerprint density at radius 3 is 0.667 bits per heavy atom. The summed E-state index contributed by atoms with van der Waals surface area (Å²) >= 11 is 0. The van der Waals surface area contributed by atoms with E-state index in [4.69, 9.17) is 0 Å². The van der Waals surface area contributed by atoms with Gasteiger partial charge in [0.25, 0.3) is 0 Å². The first-order valence-corrected chi connectivity index (χ1v) is 3.48. The first-order chi connectivity index (χ1) is 6.00. The molecule has 0 atom stereocenters. The van der Waals surface area contributed by atoms with Gasteiger partial charge in [-0.05, 0) is 36.5 Å². The summed E-state index contributed by atoms with van der Waals surface area (Å²) in [5.74, 6) is 16.7. The van der Waals surface area contributed by atoms with Gasteiger partial charge in [0.05, 0.1) is 0 Å². The molecule has 12 heavy (non-hydrogen) atoms. The van der Waals surface area contributed by atoms with E-state index in [1.54, 1.807) is 36.5 Å². The fourth-order valence-electron chi connectivity index (χ4n) is 0.539. The molecule has 0 N–H and O–H groups in total. The van der Waals surface area contributed by atoms with Crippen LogP contribution in [0.25, 0.3) is 0 Å². The third kappa shape index (κ3) is 3.84. The zero-order valence-corrected chi connectivity index (χ0v) is 6.46. The molecule has 1 aliphatic carbocycles. The molecule has 0 aromatic carbocycles. The molecular formula is C12H6. The second kappa shape index (κ2) is 5.67. The summed E-state index contributed by atoms with van der Waals surface area (Å²) in [6.45, 7) is 0. The van der Waals surface area contributed by atoms with E-state index < -0.39 is 0 Å². The highest BCUT2D eigenvalue weighted by atomic mass is 13.7. The molecule has 0 nitrogen and oxygen atoms in total. The highest BCUT2D eigenvalue weighted by Crippen LogP contribution is 1.74. The average molecular weight is 150 g/mol. The Labute approximate surface area is 72.7 Å². The Balaban J connectivity index is 2.83. The van der Waals surface area contributed by atoms with Crippen LogP contribution in [0.1, 0.15) is 0 Å². The minimum absolute atomic E-state index is 1.71. The predicted octanol–water partition coefficient (Wildman–Crippen LogP) is 1.68. The molecule has 0 radical (unpaired) electrons. The monoisotopic (exact) mass is 150 g/mol. The summed E-state index contributed by atoms with van der Waals surface area (Å²) in [6, 6.07) is 0. The lowest BCUT2D eigenvalue weighted by Crippen LogP contribution is -1.56. The van der Waals surface area contributed by atoms with Crippen molar-refractivity contribution in [3.63, 3.8) is 0 Å². The Bertz CT molecular complexity index is 302. The molecule has 0 aromatic rings. The zero-order chi connectivity index (χ0) is 8.49. The number of rotatable bonds is 0. The first kappa shape index (κ1) is 8.00. The lowest BCUT2D eigenvalue weighted by atomic mass is 10.4. The van der Waals surface area contributed by atoms with Gasteiger partial charge in [-0.3, -0.25) is 0 Å². The zero-order valence-electron chi connectivity index (χ0n) is 6.46. The molecule has 0 aromatic heterocycles. The fraction of sp³-hybridized carbons (Fsp3) is 0. The van der Waals surface area contributed by atoms with Crippen molar-refractivity contribution in [3.8, 4) is 35.5 Å². The number of allylic oxidation sites excluding steroid dienone is 6. The fourth-order valence-corrected chi connectivity index (χ4v) is 0.539. The van der Waals surface area contributed by atoms with Gasteiger partial charge in [0.15, 0.2) is 0 Å². The van der Waals surface area contributed by atoms with Gasteiger partial charge in [0.2, 0.25) is 0 Å². The van der Waals surface area contributed by atoms with Gasteiger partial charge in [-0.15, -0.1) is 0 Å². The Morgan fingerprint density at radius 1 is 0.333 bits per heavy atom. The summed E-state index contributed by atoms with van der Waals surface area (Å²) in [5.41, 5.74) is 0. The van der Waals surface area contributed by atoms with Gasteiger partial charge >= 0.3 is 0 Å². The highest BCUT2D eigenvalue weighted by molar-refractivity contribution is 5.36. The molecular weight excluding hydrogens is 144 g/mol. The summed E-state index contributed by atoms with van der Waals surface area (Å²) in [7, 11) is 0. The summed E-state index contributed by atoms with van der Waals surface area (Å²) in [6.07, 6.45) is 10.3. The molecule has 0 amide bonds. The van der Waals surface area contributed by atoms with Crippen molar-refractivity contribution in [2.75, 3.05) is 0 Å². The topological polar surface area (TPSA) is 0 Å². The van der Waals surface area contributed by atoms with E-state index in [-0.39, 0.29) is 0 Å². The van der Waals surface area contributed by atoms with Crippen LogP contribution in [0.5, 0.6) is 0 Å². The Hall–Kier alpha value is -2.10. The predicted molar refractivity (Wildman–Crippen MR) is 50.7 cm³/mol. The van der Waals surface area contributed by atoms with Crippen LogP contribution in [0.4, 0.5) is 0 Å². The van der Waals surface area contributed by atoms with Gasteiger partial charge in [-0.25, -0.2) is 0 Å². The molecule has 54 valence electrons. The average Bonchev–Trinajstić information content (AvgIpc) is 2.05. The third-order valence-corrected chi connectivity index (χ3v) is 1.00. The quantitative estimate of drug-likeness (QED) is 0.461. The van der Waals surface area contributed by atoms with Crippen LogP contribution in [0.2, 0.25) is 0 Å². The molecule has 0 saturated carbocycles. The van der Waals surface area contributed by atoms with Gasteiger partial charge in [-0.2, -0.15) is 0 Å². The smallest absolute Gasteiger partial charge is 0.00316 e. The van der Waals surface area contributed by atoms with Gasteiger partial charge in [0.1, 0.15) is 0 Å². The molecule has 0 saturated heterocycles. The van der Waals surface area contributed by atoms with Crippen molar-refractivity contribution in [2.45, 2.75) is 0 Å². The van der Waals surface area contributed by atoms with Crippen molar-refractivity contribution in [3.05, 3.63) is 36.5 Å². The molecule has 0 aliphatic heterocycles. The molecule has 0 unspecified atom stereocenters. The molecule has 1 rings (SSSR count). The normalized spacial score (nSPS) is 20.0. The molecule has 0 heterocycles. The van der Waals surface area contributed by atoms with E-state index in [1.165, 1.54) is 0 Å². The summed E-state index contributed by atoms with van der Waals surface area (Å²) in [5, 5.41) is 0. The van der Waals surface area contributed by atoms with Crippen LogP contribution >= 0.6 is 0 Å². The Morgan fingerprint density at radius 2 is 0.500 bits per heavy atom. The van der Waals surface area contributed by atoms with Crippen LogP contribution in [0, 0.1) is 35.5 Å². The number of hydrogen-bond acceptors (Lipinski definition) is 0. The maximum absolute atomic E-state index is 2.79. The van der Waals surface area contributed by atoms with Crippen LogP contribution < -0.4 is 0 Å². The Kier molecular flexibility index (Phi) is 3.78. The van der Waals surface area contributed by atoms with Crippen LogP contribution in [0.3, 0.4) is 0 Å². The van der Waals surface area contributed by atoms with E-state index in [0.717, 1.165) is 0 Å². The molecule has 1 aliphatic rings. The van der Waals surface area contributed by atoms with Gasteiger partial charge in [0, 0.05) is 0 Å². The summed E-state index contributed by atoms with van der Waals surface area (Å²) in [4.78, 5) is 0. The van der Waals surface area contributed by atoms with E-state index in [0.29, 0.717) is 0 Å². The molecule has 0 fully saturated rings. The largest absolute Gasteiger partial charge is 0.0696 e. The van der Waals surface area contributed by atoms with Crippen molar-refractivity contribution >= 4 is 0 Å². The standard InChI is InChI=1S/C12H6/c1-2-4-6-8-10-12-11-9-7-5-3-1/h1-2,7-10H/b2-1+,9-7+,10-8+. The first-order valence-electron chi connectivity index (χ1n) is 3.48. The second-order valence-electron chi connectivity index (χ2n) is 1.87. The van der Waals surface area contributed by atoms with Crippen LogP contribution in [-0.4, -0.2) is 0 Å². The molecule has 0 heteroatoms. The van der Waals surface area contributed by atoms with Crippen molar-refractivity contribution in [1.82, 2.24) is 0 Å². The molecule has 0 spiro atoms. The van der Waals surface area contributed by atoms with Crippen LogP contribution in [0.15, 0.2) is 36.5 Å². The van der Waals surface area contributed by atoms with E-state index in [1.807, 2.05) is 0 Å². The third-order valence-electron chi connectivity index (χ3n) is 1.00. The van der Waals surface area contributed by atoms with Crippen LogP contribution in [-0.2, 0) is 0 Å². The van der Waals surface area contributed by atoms with E-state index in [2.05, 4.69) is 35.5 Å². The lowest BCUT2D eigenvalue weighted by Gasteiger charge is -1.68. The summed E-state index contributed by atoms with van der Waals surface area (Å²) < 4.78 is 0. The molecule has 0 bridgehead atoms. The maximum Gasteiger partial charge on any atom is -0.00316 e. The van der Waals surface area contributed by atoms with Crippen molar-refractivity contribution in [2.24, 2.45) is 0 Å². The minimum atomic E-state index is 1.71. The van der Waals surface area contributed by atoms with Gasteiger partial charge < -0.3 is 0 Å². The second-order valence-corrected chi connectivity index (χ2v) is 1.87. The van der Waals surface area contributed by atoms with E-state index in [9.17, 15) is 0 Å².